The summed E-state index contributed by atoms with van der Waals surface area (Å²) in [5, 5.41) is 13.8. The maximum atomic E-state index is 10.4. The van der Waals surface area contributed by atoms with Crippen molar-refractivity contribution in [3.63, 3.8) is 0 Å². The van der Waals surface area contributed by atoms with Crippen LogP contribution in [0.2, 0.25) is 0 Å². The van der Waals surface area contributed by atoms with Crippen molar-refractivity contribution in [2.75, 3.05) is 0 Å². The Morgan fingerprint density at radius 1 is 1.05 bits per heavy atom. The van der Waals surface area contributed by atoms with Gasteiger partial charge >= 0.3 is 0 Å². The zero-order chi connectivity index (χ0) is 13.9. The van der Waals surface area contributed by atoms with Crippen LogP contribution in [-0.4, -0.2) is 17.3 Å². The van der Waals surface area contributed by atoms with E-state index in [1.807, 2.05) is 49.4 Å². The fourth-order valence-electron chi connectivity index (χ4n) is 2.62. The average molecular weight is 269 g/mol. The molecule has 3 heteroatoms. The highest BCUT2D eigenvalue weighted by molar-refractivity contribution is 5.39. The molecule has 0 spiro atoms. The summed E-state index contributed by atoms with van der Waals surface area (Å²) in [5.41, 5.74) is 2.23. The van der Waals surface area contributed by atoms with Crippen molar-refractivity contribution in [2.24, 2.45) is 0 Å². The van der Waals surface area contributed by atoms with Gasteiger partial charge in [-0.2, -0.15) is 0 Å². The van der Waals surface area contributed by atoms with Gasteiger partial charge in [-0.25, -0.2) is 0 Å². The third kappa shape index (κ3) is 2.55. The van der Waals surface area contributed by atoms with Gasteiger partial charge in [0.1, 0.15) is 18.0 Å². The SMILES string of the molecule is C[C@@H]1Oc2ccccc2[C@H](NCc2ccccc2)[C@@H]1O. The third-order valence-electron chi connectivity index (χ3n) is 3.76. The van der Waals surface area contributed by atoms with Crippen molar-refractivity contribution in [1.82, 2.24) is 5.32 Å². The van der Waals surface area contributed by atoms with Crippen molar-refractivity contribution >= 4 is 0 Å². The predicted molar refractivity (Wildman–Crippen MR) is 78.6 cm³/mol. The van der Waals surface area contributed by atoms with Gasteiger partial charge in [0.05, 0.1) is 6.04 Å². The second-order valence-electron chi connectivity index (χ2n) is 5.20. The number of para-hydroxylation sites is 1. The molecule has 1 heterocycles. The van der Waals surface area contributed by atoms with Crippen LogP contribution in [0.1, 0.15) is 24.1 Å². The second-order valence-corrected chi connectivity index (χ2v) is 5.20. The van der Waals surface area contributed by atoms with Gasteiger partial charge in [-0.1, -0.05) is 48.5 Å². The van der Waals surface area contributed by atoms with Gasteiger partial charge < -0.3 is 15.2 Å². The molecule has 1 aliphatic heterocycles. The van der Waals surface area contributed by atoms with Crippen molar-refractivity contribution < 1.29 is 9.84 Å². The van der Waals surface area contributed by atoms with Crippen LogP contribution in [-0.2, 0) is 6.54 Å². The molecule has 0 radical (unpaired) electrons. The number of hydrogen-bond donors (Lipinski definition) is 2. The van der Waals surface area contributed by atoms with Crippen molar-refractivity contribution in [1.29, 1.82) is 0 Å². The van der Waals surface area contributed by atoms with E-state index in [0.717, 1.165) is 17.9 Å². The number of ether oxygens (including phenoxy) is 1. The number of aliphatic hydroxyl groups excluding tert-OH is 1. The van der Waals surface area contributed by atoms with Crippen LogP contribution in [0.3, 0.4) is 0 Å². The fraction of sp³-hybridized carbons (Fsp3) is 0.294. The van der Waals surface area contributed by atoms with Gasteiger partial charge in [0.25, 0.3) is 0 Å². The summed E-state index contributed by atoms with van der Waals surface area (Å²) in [5.74, 6) is 0.857. The topological polar surface area (TPSA) is 41.5 Å². The van der Waals surface area contributed by atoms with Gasteiger partial charge in [-0.15, -0.1) is 0 Å². The summed E-state index contributed by atoms with van der Waals surface area (Å²) in [6, 6.07) is 18.0. The van der Waals surface area contributed by atoms with Crippen LogP contribution < -0.4 is 10.1 Å². The predicted octanol–water partition coefficient (Wildman–Crippen LogP) is 2.66. The van der Waals surface area contributed by atoms with E-state index >= 15 is 0 Å². The quantitative estimate of drug-likeness (QED) is 0.900. The van der Waals surface area contributed by atoms with E-state index in [0.29, 0.717) is 0 Å². The van der Waals surface area contributed by atoms with Gasteiger partial charge in [-0.05, 0) is 18.6 Å². The summed E-state index contributed by atoms with van der Waals surface area (Å²) in [4.78, 5) is 0. The van der Waals surface area contributed by atoms with Gasteiger partial charge in [0.2, 0.25) is 0 Å². The Labute approximate surface area is 119 Å². The number of fused-ring (bicyclic) bond motifs is 1. The number of nitrogens with one attached hydrogen (secondary N) is 1. The molecule has 2 aromatic carbocycles. The molecule has 104 valence electrons. The molecule has 0 bridgehead atoms. The Kier molecular flexibility index (Phi) is 3.72. The highest BCUT2D eigenvalue weighted by atomic mass is 16.5. The lowest BCUT2D eigenvalue weighted by Crippen LogP contribution is -2.44. The van der Waals surface area contributed by atoms with Crippen molar-refractivity contribution in [3.8, 4) is 5.75 Å². The maximum Gasteiger partial charge on any atom is 0.124 e. The molecular weight excluding hydrogens is 250 g/mol. The lowest BCUT2D eigenvalue weighted by atomic mass is 9.94. The molecule has 2 N–H and O–H groups in total. The average Bonchev–Trinajstić information content (AvgIpc) is 2.49. The van der Waals surface area contributed by atoms with Crippen LogP contribution in [0.5, 0.6) is 5.75 Å². The first-order valence-electron chi connectivity index (χ1n) is 6.96. The first kappa shape index (κ1) is 13.2. The van der Waals surface area contributed by atoms with E-state index in [1.54, 1.807) is 0 Å². The first-order valence-corrected chi connectivity index (χ1v) is 6.96. The molecule has 0 saturated heterocycles. The summed E-state index contributed by atoms with van der Waals surface area (Å²) in [6.45, 7) is 2.63. The molecule has 0 amide bonds. The fourth-order valence-corrected chi connectivity index (χ4v) is 2.62. The summed E-state index contributed by atoms with van der Waals surface area (Å²) < 4.78 is 5.74. The number of benzene rings is 2. The lowest BCUT2D eigenvalue weighted by molar-refractivity contribution is 0.00205. The molecule has 0 fully saturated rings. The smallest absolute Gasteiger partial charge is 0.124 e. The maximum absolute atomic E-state index is 10.4. The van der Waals surface area contributed by atoms with E-state index in [9.17, 15) is 5.11 Å². The Morgan fingerprint density at radius 2 is 1.75 bits per heavy atom. The molecule has 0 saturated carbocycles. The second kappa shape index (κ2) is 5.65. The molecule has 0 aromatic heterocycles. The monoisotopic (exact) mass is 269 g/mol. The molecule has 0 aliphatic carbocycles. The molecule has 3 atom stereocenters. The van der Waals surface area contributed by atoms with Crippen LogP contribution in [0.15, 0.2) is 54.6 Å². The third-order valence-corrected chi connectivity index (χ3v) is 3.76. The van der Waals surface area contributed by atoms with Crippen molar-refractivity contribution in [3.05, 3.63) is 65.7 Å². The standard InChI is InChI=1S/C17H19NO2/c1-12-17(19)16(14-9-5-6-10-15(14)20-12)18-11-13-7-3-2-4-8-13/h2-10,12,16-19H,11H2,1H3/t12-,16-,17+/m0/s1. The largest absolute Gasteiger partial charge is 0.488 e. The summed E-state index contributed by atoms with van der Waals surface area (Å²) in [6.07, 6.45) is -0.758. The molecule has 3 nitrogen and oxygen atoms in total. The molecule has 20 heavy (non-hydrogen) atoms. The minimum absolute atomic E-state index is 0.102. The normalized spacial score (nSPS) is 24.8. The highest BCUT2D eigenvalue weighted by Crippen LogP contribution is 2.34. The molecule has 1 aliphatic rings. The van der Waals surface area contributed by atoms with E-state index in [2.05, 4.69) is 17.4 Å². The van der Waals surface area contributed by atoms with Crippen LogP contribution in [0.25, 0.3) is 0 Å². The molecule has 2 aromatic rings. The zero-order valence-electron chi connectivity index (χ0n) is 11.5. The molecular formula is C17H19NO2. The zero-order valence-corrected chi connectivity index (χ0v) is 11.5. The van der Waals surface area contributed by atoms with Crippen LogP contribution in [0, 0.1) is 0 Å². The van der Waals surface area contributed by atoms with Gasteiger partial charge in [0.15, 0.2) is 0 Å². The van der Waals surface area contributed by atoms with E-state index in [1.165, 1.54) is 5.56 Å². The van der Waals surface area contributed by atoms with Gasteiger partial charge in [0, 0.05) is 12.1 Å². The Balaban J connectivity index is 1.81. The lowest BCUT2D eigenvalue weighted by Gasteiger charge is -2.35. The summed E-state index contributed by atoms with van der Waals surface area (Å²) >= 11 is 0. The van der Waals surface area contributed by atoms with Crippen LogP contribution >= 0.6 is 0 Å². The Hall–Kier alpha value is -1.84. The number of hydrogen-bond acceptors (Lipinski definition) is 3. The Morgan fingerprint density at radius 3 is 2.55 bits per heavy atom. The van der Waals surface area contributed by atoms with E-state index < -0.39 is 6.10 Å². The van der Waals surface area contributed by atoms with Gasteiger partial charge in [-0.3, -0.25) is 0 Å². The number of aliphatic hydroxyl groups is 1. The molecule has 0 unspecified atom stereocenters. The minimum atomic E-state index is -0.548. The first-order chi connectivity index (χ1) is 9.75. The van der Waals surface area contributed by atoms with Crippen LogP contribution in [0.4, 0.5) is 0 Å². The van der Waals surface area contributed by atoms with Crippen molar-refractivity contribution in [2.45, 2.75) is 31.7 Å². The highest BCUT2D eigenvalue weighted by Gasteiger charge is 2.34. The Bertz CT molecular complexity index is 570. The summed E-state index contributed by atoms with van der Waals surface area (Å²) in [7, 11) is 0. The van der Waals surface area contributed by atoms with E-state index in [4.69, 9.17) is 4.74 Å². The minimum Gasteiger partial charge on any atom is -0.488 e. The van der Waals surface area contributed by atoms with E-state index in [-0.39, 0.29) is 12.1 Å². The number of rotatable bonds is 3. The molecule has 3 rings (SSSR count).